The van der Waals surface area contributed by atoms with Crippen molar-refractivity contribution in [3.63, 3.8) is 0 Å². The first-order chi connectivity index (χ1) is 11.7. The Morgan fingerprint density at radius 3 is 2.58 bits per heavy atom. The van der Waals surface area contributed by atoms with E-state index in [2.05, 4.69) is 15.0 Å². The first-order valence-electron chi connectivity index (χ1n) is 7.56. The molecule has 4 nitrogen and oxygen atoms in total. The third-order valence-corrected chi connectivity index (χ3v) is 4.20. The van der Waals surface area contributed by atoms with Crippen LogP contribution in [0.1, 0.15) is 11.4 Å². The van der Waals surface area contributed by atoms with Gasteiger partial charge in [-0.05, 0) is 17.7 Å². The molecule has 0 saturated carbocycles. The lowest BCUT2D eigenvalue weighted by Gasteiger charge is -2.02. The van der Waals surface area contributed by atoms with E-state index in [4.69, 9.17) is 11.6 Å². The monoisotopic (exact) mass is 335 g/mol. The molecule has 1 aromatic heterocycles. The second-order valence-corrected chi connectivity index (χ2v) is 5.95. The Kier molecular flexibility index (Phi) is 3.67. The molecule has 24 heavy (non-hydrogen) atoms. The normalized spacial score (nSPS) is 14.1. The van der Waals surface area contributed by atoms with Gasteiger partial charge in [0, 0.05) is 16.2 Å². The molecular weight excluding hydrogens is 322 g/mol. The molecule has 5 heteroatoms. The second-order valence-electron chi connectivity index (χ2n) is 5.51. The van der Waals surface area contributed by atoms with Gasteiger partial charge in [0.25, 0.3) is 0 Å². The van der Waals surface area contributed by atoms with Gasteiger partial charge in [-0.2, -0.15) is 0 Å². The molecular formula is C19H14ClN3O. The van der Waals surface area contributed by atoms with Gasteiger partial charge >= 0.3 is 0 Å². The molecule has 0 unspecified atom stereocenters. The van der Waals surface area contributed by atoms with Gasteiger partial charge < -0.3 is 10.1 Å². The van der Waals surface area contributed by atoms with Crippen molar-refractivity contribution in [2.24, 2.45) is 4.99 Å². The van der Waals surface area contributed by atoms with Crippen LogP contribution in [0.5, 0.6) is 0 Å². The van der Waals surface area contributed by atoms with Gasteiger partial charge in [0.2, 0.25) is 0 Å². The number of rotatable bonds is 3. The number of aromatic amines is 1. The third kappa shape index (κ3) is 2.61. The summed E-state index contributed by atoms with van der Waals surface area (Å²) in [4.78, 5) is 12.0. The number of halogens is 1. The van der Waals surface area contributed by atoms with E-state index in [1.807, 2.05) is 54.6 Å². The van der Waals surface area contributed by atoms with Gasteiger partial charge in [0.1, 0.15) is 11.5 Å². The molecule has 1 aliphatic heterocycles. The minimum atomic E-state index is 0.174. The molecule has 118 valence electrons. The van der Waals surface area contributed by atoms with Crippen LogP contribution in [0.3, 0.4) is 0 Å². The lowest BCUT2D eigenvalue weighted by Crippen LogP contribution is -2.04. The Hall–Kier alpha value is -2.85. The summed E-state index contributed by atoms with van der Waals surface area (Å²) in [6, 6.07) is 17.3. The van der Waals surface area contributed by atoms with E-state index in [-0.39, 0.29) is 5.76 Å². The molecule has 0 aliphatic carbocycles. The number of aromatic nitrogens is 2. The van der Waals surface area contributed by atoms with Gasteiger partial charge in [-0.3, -0.25) is 4.99 Å². The minimum Gasteiger partial charge on any atom is -0.505 e. The summed E-state index contributed by atoms with van der Waals surface area (Å²) in [5.74, 6) is 0.724. The van der Waals surface area contributed by atoms with Gasteiger partial charge in [0.05, 0.1) is 18.4 Å². The second kappa shape index (κ2) is 5.98. The summed E-state index contributed by atoms with van der Waals surface area (Å²) in [6.07, 6.45) is 1.72. The molecule has 0 radical (unpaired) electrons. The van der Waals surface area contributed by atoms with E-state index in [1.165, 1.54) is 0 Å². The summed E-state index contributed by atoms with van der Waals surface area (Å²) < 4.78 is 0. The zero-order valence-corrected chi connectivity index (χ0v) is 13.5. The Morgan fingerprint density at radius 1 is 1.00 bits per heavy atom. The largest absolute Gasteiger partial charge is 0.505 e. The van der Waals surface area contributed by atoms with Crippen molar-refractivity contribution in [3.05, 3.63) is 83.0 Å². The van der Waals surface area contributed by atoms with E-state index < -0.39 is 0 Å². The van der Waals surface area contributed by atoms with E-state index in [0.717, 1.165) is 22.4 Å². The number of benzene rings is 2. The lowest BCUT2D eigenvalue weighted by molar-refractivity contribution is 0.447. The van der Waals surface area contributed by atoms with Crippen LogP contribution in [-0.2, 0) is 0 Å². The number of nitrogens with zero attached hydrogens (tertiary/aromatic N) is 2. The SMILES string of the molecule is OC1=C(c2ccccc2)CN=C1c1ncc(-c2cccc(Cl)c2)[nH]1. The Morgan fingerprint density at radius 2 is 1.79 bits per heavy atom. The Bertz CT molecular complexity index is 958. The molecule has 0 spiro atoms. The Labute approximate surface area is 144 Å². The minimum absolute atomic E-state index is 0.174. The van der Waals surface area contributed by atoms with Crippen molar-refractivity contribution < 1.29 is 5.11 Å². The fourth-order valence-corrected chi connectivity index (χ4v) is 2.94. The number of aliphatic hydroxyl groups excluding tert-OH is 1. The smallest absolute Gasteiger partial charge is 0.159 e. The number of H-pyrrole nitrogens is 1. The van der Waals surface area contributed by atoms with Crippen LogP contribution in [0.15, 0.2) is 71.5 Å². The van der Waals surface area contributed by atoms with Crippen molar-refractivity contribution in [1.29, 1.82) is 0 Å². The molecule has 1 aliphatic rings. The zero-order valence-electron chi connectivity index (χ0n) is 12.7. The predicted octanol–water partition coefficient (Wildman–Crippen LogP) is 4.50. The number of aliphatic imine (C=N–C) groups is 1. The average molecular weight is 336 g/mol. The number of imidazole rings is 1. The van der Waals surface area contributed by atoms with E-state index in [0.29, 0.717) is 23.1 Å². The molecule has 0 amide bonds. The fourth-order valence-electron chi connectivity index (χ4n) is 2.75. The number of nitrogens with one attached hydrogen (secondary N) is 1. The average Bonchev–Trinajstić information content (AvgIpc) is 3.22. The van der Waals surface area contributed by atoms with Crippen LogP contribution in [-0.4, -0.2) is 27.3 Å². The number of hydrogen-bond acceptors (Lipinski definition) is 3. The number of aliphatic hydroxyl groups is 1. The van der Waals surface area contributed by atoms with Gasteiger partial charge in [0.15, 0.2) is 5.82 Å². The van der Waals surface area contributed by atoms with Crippen molar-refractivity contribution in [2.75, 3.05) is 6.54 Å². The third-order valence-electron chi connectivity index (χ3n) is 3.96. The molecule has 0 fully saturated rings. The first kappa shape index (κ1) is 14.7. The van der Waals surface area contributed by atoms with Crippen LogP contribution < -0.4 is 0 Å². The molecule has 2 heterocycles. The van der Waals surface area contributed by atoms with E-state index >= 15 is 0 Å². The summed E-state index contributed by atoms with van der Waals surface area (Å²) in [5, 5.41) is 11.2. The lowest BCUT2D eigenvalue weighted by atomic mass is 10.1. The van der Waals surface area contributed by atoms with Crippen LogP contribution in [0.25, 0.3) is 16.8 Å². The molecule has 2 N–H and O–H groups in total. The maximum Gasteiger partial charge on any atom is 0.159 e. The zero-order chi connectivity index (χ0) is 16.5. The summed E-state index contributed by atoms with van der Waals surface area (Å²) in [7, 11) is 0. The number of hydrogen-bond donors (Lipinski definition) is 2. The molecule has 3 aromatic rings. The highest BCUT2D eigenvalue weighted by Gasteiger charge is 2.23. The molecule has 4 rings (SSSR count). The first-order valence-corrected chi connectivity index (χ1v) is 7.94. The highest BCUT2D eigenvalue weighted by molar-refractivity contribution is 6.30. The van der Waals surface area contributed by atoms with E-state index in [9.17, 15) is 5.11 Å². The van der Waals surface area contributed by atoms with Gasteiger partial charge in [-0.15, -0.1) is 0 Å². The highest BCUT2D eigenvalue weighted by Crippen LogP contribution is 2.27. The predicted molar refractivity (Wildman–Crippen MR) is 96.4 cm³/mol. The maximum atomic E-state index is 10.5. The van der Waals surface area contributed by atoms with Crippen LogP contribution in [0, 0.1) is 0 Å². The Balaban J connectivity index is 1.67. The van der Waals surface area contributed by atoms with Crippen LogP contribution >= 0.6 is 11.6 Å². The standard InChI is InChI=1S/C19H14ClN3O/c20-14-8-4-7-13(9-14)16-11-22-19(23-16)17-18(24)15(10-21-17)12-5-2-1-3-6-12/h1-9,11,24H,10H2,(H,22,23). The van der Waals surface area contributed by atoms with E-state index in [1.54, 1.807) is 6.20 Å². The molecule has 0 bridgehead atoms. The number of allylic oxidation sites excluding steroid dienone is 1. The van der Waals surface area contributed by atoms with Crippen molar-refractivity contribution >= 4 is 22.9 Å². The van der Waals surface area contributed by atoms with Gasteiger partial charge in [-0.1, -0.05) is 54.1 Å². The van der Waals surface area contributed by atoms with Crippen molar-refractivity contribution in [3.8, 4) is 11.3 Å². The van der Waals surface area contributed by atoms with Crippen LogP contribution in [0.4, 0.5) is 0 Å². The molecule has 0 saturated heterocycles. The highest BCUT2D eigenvalue weighted by atomic mass is 35.5. The molecule has 2 aromatic carbocycles. The van der Waals surface area contributed by atoms with Crippen molar-refractivity contribution in [1.82, 2.24) is 9.97 Å². The van der Waals surface area contributed by atoms with Crippen LogP contribution in [0.2, 0.25) is 5.02 Å². The maximum absolute atomic E-state index is 10.5. The quantitative estimate of drug-likeness (QED) is 0.740. The topological polar surface area (TPSA) is 61.3 Å². The summed E-state index contributed by atoms with van der Waals surface area (Å²) in [5.41, 5.74) is 4.03. The summed E-state index contributed by atoms with van der Waals surface area (Å²) in [6.45, 7) is 0.443. The fraction of sp³-hybridized carbons (Fsp3) is 0.0526. The summed E-state index contributed by atoms with van der Waals surface area (Å²) >= 11 is 6.03. The van der Waals surface area contributed by atoms with Gasteiger partial charge in [-0.25, -0.2) is 4.98 Å². The van der Waals surface area contributed by atoms with Crippen molar-refractivity contribution in [2.45, 2.75) is 0 Å². The molecule has 0 atom stereocenters.